The normalized spacial score (nSPS) is 9.77. The fourth-order valence-electron chi connectivity index (χ4n) is 1.56. The monoisotopic (exact) mass is 309 g/mol. The molecule has 0 atom stereocenters. The zero-order chi connectivity index (χ0) is 16.7. The third kappa shape index (κ3) is 4.97. The van der Waals surface area contributed by atoms with E-state index in [9.17, 15) is 19.2 Å². The van der Waals surface area contributed by atoms with Gasteiger partial charge in [-0.05, 0) is 0 Å². The van der Waals surface area contributed by atoms with E-state index in [0.29, 0.717) is 11.8 Å². The summed E-state index contributed by atoms with van der Waals surface area (Å²) in [4.78, 5) is 48.0. The van der Waals surface area contributed by atoms with Gasteiger partial charge in [-0.2, -0.15) is 0 Å². The summed E-state index contributed by atoms with van der Waals surface area (Å²) in [6, 6.07) is 0. The van der Waals surface area contributed by atoms with Gasteiger partial charge in [-0.15, -0.1) is 0 Å². The van der Waals surface area contributed by atoms with Crippen molar-refractivity contribution in [2.75, 3.05) is 0 Å². The van der Waals surface area contributed by atoms with Crippen LogP contribution in [0.2, 0.25) is 0 Å². The number of pyridine rings is 1. The lowest BCUT2D eigenvalue weighted by atomic mass is 10.1. The van der Waals surface area contributed by atoms with E-state index in [2.05, 4.69) is 4.98 Å². The summed E-state index contributed by atoms with van der Waals surface area (Å²) in [5.41, 5.74) is 0.478. The Labute approximate surface area is 126 Å². The van der Waals surface area contributed by atoms with Gasteiger partial charge in [-0.1, -0.05) is 0 Å². The first-order chi connectivity index (χ1) is 10.3. The first-order valence-electron chi connectivity index (χ1n) is 6.26. The van der Waals surface area contributed by atoms with Crippen molar-refractivity contribution >= 4 is 24.2 Å². The van der Waals surface area contributed by atoms with Gasteiger partial charge in [0.25, 0.3) is 0 Å². The molecule has 0 aliphatic heterocycles. The highest BCUT2D eigenvalue weighted by Gasteiger charge is 2.19. The lowest BCUT2D eigenvalue weighted by Crippen LogP contribution is -2.13. The minimum absolute atomic E-state index is 0.117. The highest BCUT2D eigenvalue weighted by molar-refractivity contribution is 5.81. The zero-order valence-electron chi connectivity index (χ0n) is 12.4. The molecule has 1 aromatic rings. The molecule has 0 aromatic carbocycles. The molecule has 0 fully saturated rings. The van der Waals surface area contributed by atoms with Crippen LogP contribution in [0.25, 0.3) is 0 Å². The molecule has 1 rings (SSSR count). The minimum Gasteiger partial charge on any atom is -0.461 e. The second-order valence-corrected chi connectivity index (χ2v) is 4.25. The third-order valence-electron chi connectivity index (χ3n) is 2.46. The summed E-state index contributed by atoms with van der Waals surface area (Å²) < 4.78 is 14.7. The second kappa shape index (κ2) is 7.87. The standard InChI is InChI=1S/C14H15NO7/c1-8(17)20-6-11-4-15-13(5-16)14(22-10(3)19)12(11)7-21-9(2)18/h4-5H,6-7H2,1-3H3. The van der Waals surface area contributed by atoms with Gasteiger partial charge in [-0.25, -0.2) is 4.98 Å². The van der Waals surface area contributed by atoms with E-state index in [1.165, 1.54) is 20.0 Å². The maximum atomic E-state index is 11.2. The van der Waals surface area contributed by atoms with Gasteiger partial charge in [-0.3, -0.25) is 19.2 Å². The summed E-state index contributed by atoms with van der Waals surface area (Å²) in [6.07, 6.45) is 1.70. The first kappa shape index (κ1) is 17.3. The molecule has 0 saturated heterocycles. The highest BCUT2D eigenvalue weighted by Crippen LogP contribution is 2.27. The molecular weight excluding hydrogens is 294 g/mol. The van der Waals surface area contributed by atoms with E-state index in [1.54, 1.807) is 0 Å². The minimum atomic E-state index is -0.668. The average molecular weight is 309 g/mol. The topological polar surface area (TPSA) is 109 Å². The van der Waals surface area contributed by atoms with Crippen LogP contribution in [0.15, 0.2) is 6.20 Å². The fraction of sp³-hybridized carbons (Fsp3) is 0.357. The van der Waals surface area contributed by atoms with Gasteiger partial charge in [0.2, 0.25) is 0 Å². The van der Waals surface area contributed by atoms with Crippen LogP contribution in [-0.2, 0) is 37.1 Å². The molecule has 0 aliphatic carbocycles. The number of esters is 3. The first-order valence-corrected chi connectivity index (χ1v) is 6.26. The summed E-state index contributed by atoms with van der Waals surface area (Å²) in [6.45, 7) is 3.18. The molecule has 0 aliphatic rings. The SMILES string of the molecule is CC(=O)OCc1cnc(C=O)c(OC(C)=O)c1COC(C)=O. The van der Waals surface area contributed by atoms with Crippen LogP contribution in [0.3, 0.4) is 0 Å². The van der Waals surface area contributed by atoms with Gasteiger partial charge in [0.15, 0.2) is 12.0 Å². The van der Waals surface area contributed by atoms with Gasteiger partial charge < -0.3 is 14.2 Å². The van der Waals surface area contributed by atoms with Crippen LogP contribution in [0, 0.1) is 0 Å². The Morgan fingerprint density at radius 3 is 2.14 bits per heavy atom. The van der Waals surface area contributed by atoms with Crippen LogP contribution in [0.1, 0.15) is 42.4 Å². The molecule has 8 heteroatoms. The molecule has 0 bridgehead atoms. The average Bonchev–Trinajstić information content (AvgIpc) is 2.42. The predicted molar refractivity (Wildman–Crippen MR) is 71.9 cm³/mol. The molecule has 118 valence electrons. The molecular formula is C14H15NO7. The summed E-state index contributed by atoms with van der Waals surface area (Å²) in [5.74, 6) is -1.87. The second-order valence-electron chi connectivity index (χ2n) is 4.25. The fourth-order valence-corrected chi connectivity index (χ4v) is 1.56. The van der Waals surface area contributed by atoms with E-state index in [4.69, 9.17) is 14.2 Å². The summed E-state index contributed by atoms with van der Waals surface area (Å²) >= 11 is 0. The number of aldehydes is 1. The smallest absolute Gasteiger partial charge is 0.308 e. The van der Waals surface area contributed by atoms with E-state index < -0.39 is 17.9 Å². The molecule has 0 radical (unpaired) electrons. The highest BCUT2D eigenvalue weighted by atomic mass is 16.5. The van der Waals surface area contributed by atoms with Crippen molar-refractivity contribution in [3.63, 3.8) is 0 Å². The van der Waals surface area contributed by atoms with Crippen molar-refractivity contribution in [3.05, 3.63) is 23.0 Å². The van der Waals surface area contributed by atoms with Crippen molar-refractivity contribution in [1.82, 2.24) is 4.98 Å². The van der Waals surface area contributed by atoms with Gasteiger partial charge in [0, 0.05) is 38.1 Å². The molecule has 0 N–H and O–H groups in total. The largest absolute Gasteiger partial charge is 0.461 e. The number of hydrogen-bond donors (Lipinski definition) is 0. The van der Waals surface area contributed by atoms with Crippen molar-refractivity contribution in [3.8, 4) is 5.75 Å². The van der Waals surface area contributed by atoms with E-state index in [-0.39, 0.29) is 30.2 Å². The van der Waals surface area contributed by atoms with E-state index in [0.717, 1.165) is 6.92 Å². The van der Waals surface area contributed by atoms with Gasteiger partial charge in [0.1, 0.15) is 18.9 Å². The van der Waals surface area contributed by atoms with Crippen LogP contribution in [0.5, 0.6) is 5.75 Å². The van der Waals surface area contributed by atoms with Crippen LogP contribution < -0.4 is 4.74 Å². The Hall–Kier alpha value is -2.77. The Balaban J connectivity index is 3.29. The predicted octanol–water partition coefficient (Wildman–Crippen LogP) is 0.946. The molecule has 0 amide bonds. The number of nitrogens with zero attached hydrogens (tertiary/aromatic N) is 1. The Kier molecular flexibility index (Phi) is 6.18. The molecule has 0 saturated carbocycles. The van der Waals surface area contributed by atoms with Crippen LogP contribution >= 0.6 is 0 Å². The molecule has 22 heavy (non-hydrogen) atoms. The number of ether oxygens (including phenoxy) is 3. The zero-order valence-corrected chi connectivity index (χ0v) is 12.4. The van der Waals surface area contributed by atoms with Crippen LogP contribution in [-0.4, -0.2) is 29.2 Å². The Bertz CT molecular complexity index is 609. The Morgan fingerprint density at radius 2 is 1.64 bits per heavy atom. The Morgan fingerprint density at radius 1 is 1.05 bits per heavy atom. The maximum absolute atomic E-state index is 11.2. The summed E-state index contributed by atoms with van der Waals surface area (Å²) in [5, 5.41) is 0. The molecule has 1 aromatic heterocycles. The number of carbonyl (C=O) groups is 4. The lowest BCUT2D eigenvalue weighted by Gasteiger charge is -2.15. The van der Waals surface area contributed by atoms with Gasteiger partial charge in [0.05, 0.1) is 0 Å². The summed E-state index contributed by atoms with van der Waals surface area (Å²) in [7, 11) is 0. The number of rotatable bonds is 6. The number of aromatic nitrogens is 1. The van der Waals surface area contributed by atoms with Crippen LogP contribution in [0.4, 0.5) is 0 Å². The molecule has 8 nitrogen and oxygen atoms in total. The molecule has 0 spiro atoms. The van der Waals surface area contributed by atoms with Crippen molar-refractivity contribution < 1.29 is 33.4 Å². The van der Waals surface area contributed by atoms with Crippen molar-refractivity contribution in [2.24, 2.45) is 0 Å². The van der Waals surface area contributed by atoms with E-state index >= 15 is 0 Å². The number of hydrogen-bond acceptors (Lipinski definition) is 8. The molecule has 1 heterocycles. The quantitative estimate of drug-likeness (QED) is 0.564. The number of carbonyl (C=O) groups excluding carboxylic acids is 4. The maximum Gasteiger partial charge on any atom is 0.308 e. The lowest BCUT2D eigenvalue weighted by molar-refractivity contribution is -0.144. The third-order valence-corrected chi connectivity index (χ3v) is 2.46. The van der Waals surface area contributed by atoms with E-state index in [1.807, 2.05) is 0 Å². The van der Waals surface area contributed by atoms with Crippen molar-refractivity contribution in [1.29, 1.82) is 0 Å². The molecule has 0 unspecified atom stereocenters. The van der Waals surface area contributed by atoms with Crippen molar-refractivity contribution in [2.45, 2.75) is 34.0 Å². The van der Waals surface area contributed by atoms with Gasteiger partial charge >= 0.3 is 17.9 Å².